The highest BCUT2D eigenvalue weighted by Crippen LogP contribution is 2.43. The number of unbranched alkanes of at least 4 members (excludes halogenated alkanes) is 15. The molecule has 65 heavy (non-hydrogen) atoms. The predicted molar refractivity (Wildman–Crippen MR) is 275 cm³/mol. The maximum Gasteiger partial charge on any atom is 0.472 e. The zero-order chi connectivity index (χ0) is 47.4. The van der Waals surface area contributed by atoms with Crippen molar-refractivity contribution in [3.05, 3.63) is 109 Å². The first-order valence-electron chi connectivity index (χ1n) is 25.4. The topological polar surface area (TPSA) is 134 Å². The second-order valence-corrected chi connectivity index (χ2v) is 17.7. The third-order valence-electron chi connectivity index (χ3n) is 10.2. The Morgan fingerprint density at radius 1 is 0.462 bits per heavy atom. The number of carbonyl (C=O) groups excluding carboxylic acids is 2. The summed E-state index contributed by atoms with van der Waals surface area (Å²) in [7, 11) is -4.40. The number of esters is 2. The third kappa shape index (κ3) is 49.9. The van der Waals surface area contributed by atoms with Gasteiger partial charge in [-0.05, 0) is 96.3 Å². The fourth-order valence-corrected chi connectivity index (χ4v) is 7.24. The first-order chi connectivity index (χ1) is 31.8. The predicted octanol–water partition coefficient (Wildman–Crippen LogP) is 15.5. The molecule has 0 aliphatic carbocycles. The van der Waals surface area contributed by atoms with E-state index in [9.17, 15) is 19.0 Å². The number of hydrogen-bond donors (Lipinski definition) is 2. The van der Waals surface area contributed by atoms with Crippen molar-refractivity contribution >= 4 is 19.8 Å². The molecular formula is C55H92NO8P. The Labute approximate surface area is 397 Å². The number of phosphoric ester groups is 1. The molecule has 0 saturated carbocycles. The minimum atomic E-state index is -4.40. The number of rotatable bonds is 46. The maximum atomic E-state index is 12.6. The van der Waals surface area contributed by atoms with Gasteiger partial charge in [0.15, 0.2) is 6.10 Å². The molecule has 0 aliphatic heterocycles. The first-order valence-corrected chi connectivity index (χ1v) is 26.9. The maximum absolute atomic E-state index is 12.6. The number of nitrogens with two attached hydrogens (primary N) is 1. The van der Waals surface area contributed by atoms with E-state index in [1.165, 1.54) is 57.8 Å². The lowest BCUT2D eigenvalue weighted by Crippen LogP contribution is -2.29. The number of carbonyl (C=O) groups is 2. The summed E-state index contributed by atoms with van der Waals surface area (Å²) in [6, 6.07) is 0. The van der Waals surface area contributed by atoms with Crippen LogP contribution in [0.3, 0.4) is 0 Å². The van der Waals surface area contributed by atoms with Gasteiger partial charge in [0.25, 0.3) is 0 Å². The lowest BCUT2D eigenvalue weighted by molar-refractivity contribution is -0.161. The Hall–Kier alpha value is -3.33. The molecule has 0 fully saturated rings. The quantitative estimate of drug-likeness (QED) is 0.0265. The van der Waals surface area contributed by atoms with Crippen LogP contribution in [0.1, 0.15) is 194 Å². The van der Waals surface area contributed by atoms with E-state index >= 15 is 0 Å². The molecule has 0 radical (unpaired) electrons. The zero-order valence-electron chi connectivity index (χ0n) is 40.9. The van der Waals surface area contributed by atoms with Crippen molar-refractivity contribution in [1.29, 1.82) is 0 Å². The van der Waals surface area contributed by atoms with Crippen LogP contribution >= 0.6 is 7.82 Å². The van der Waals surface area contributed by atoms with Crippen molar-refractivity contribution in [3.63, 3.8) is 0 Å². The summed E-state index contributed by atoms with van der Waals surface area (Å²) in [6.45, 7) is 3.46. The molecular weight excluding hydrogens is 834 g/mol. The van der Waals surface area contributed by atoms with Crippen LogP contribution in [0.2, 0.25) is 0 Å². The monoisotopic (exact) mass is 926 g/mol. The normalized spacial score (nSPS) is 14.1. The number of allylic oxidation sites excluding steroid dienone is 18. The first kappa shape index (κ1) is 61.7. The van der Waals surface area contributed by atoms with Gasteiger partial charge in [0.1, 0.15) is 6.61 Å². The van der Waals surface area contributed by atoms with Crippen molar-refractivity contribution in [1.82, 2.24) is 0 Å². The molecule has 0 aliphatic rings. The average Bonchev–Trinajstić information content (AvgIpc) is 3.30. The molecule has 2 unspecified atom stereocenters. The van der Waals surface area contributed by atoms with E-state index < -0.39 is 32.5 Å². The van der Waals surface area contributed by atoms with Crippen LogP contribution in [0.25, 0.3) is 0 Å². The van der Waals surface area contributed by atoms with Gasteiger partial charge in [0.05, 0.1) is 13.2 Å². The molecule has 0 saturated heterocycles. The Morgan fingerprint density at radius 3 is 1.20 bits per heavy atom. The highest BCUT2D eigenvalue weighted by Gasteiger charge is 2.26. The van der Waals surface area contributed by atoms with Gasteiger partial charge < -0.3 is 20.1 Å². The summed E-state index contributed by atoms with van der Waals surface area (Å²) in [6.07, 6.45) is 67.0. The van der Waals surface area contributed by atoms with Crippen LogP contribution in [0, 0.1) is 0 Å². The van der Waals surface area contributed by atoms with Crippen molar-refractivity contribution in [3.8, 4) is 0 Å². The highest BCUT2D eigenvalue weighted by atomic mass is 31.2. The number of ether oxygens (including phenoxy) is 2. The third-order valence-corrected chi connectivity index (χ3v) is 11.1. The van der Waals surface area contributed by atoms with Gasteiger partial charge in [0.2, 0.25) is 0 Å². The lowest BCUT2D eigenvalue weighted by atomic mass is 10.0. The summed E-state index contributed by atoms with van der Waals surface area (Å²) < 4.78 is 32.9. The summed E-state index contributed by atoms with van der Waals surface area (Å²) in [5.41, 5.74) is 5.36. The summed E-state index contributed by atoms with van der Waals surface area (Å²) in [4.78, 5) is 35.1. The van der Waals surface area contributed by atoms with E-state index in [1.807, 2.05) is 0 Å². The second-order valence-electron chi connectivity index (χ2n) is 16.3. The fourth-order valence-electron chi connectivity index (χ4n) is 6.48. The molecule has 10 heteroatoms. The molecule has 0 bridgehead atoms. The van der Waals surface area contributed by atoms with Crippen LogP contribution in [-0.4, -0.2) is 49.3 Å². The summed E-state index contributed by atoms with van der Waals surface area (Å²) >= 11 is 0. The number of phosphoric acid groups is 1. The van der Waals surface area contributed by atoms with E-state index in [0.29, 0.717) is 6.42 Å². The molecule has 0 rings (SSSR count). The molecule has 0 heterocycles. The minimum absolute atomic E-state index is 0.0417. The highest BCUT2D eigenvalue weighted by molar-refractivity contribution is 7.47. The molecule has 9 nitrogen and oxygen atoms in total. The SMILES string of the molecule is CC/C=C\C/C=C\C/C=C\C/C=C\C/C=C\CCCCCC(=O)OC(COC(=O)CCCCCCCCCCCCCC/C=C\C/C=C\C/C=C\C/C=C\CC)COP(=O)(O)OCCN. The molecule has 3 N–H and O–H groups in total. The minimum Gasteiger partial charge on any atom is -0.462 e. The van der Waals surface area contributed by atoms with Gasteiger partial charge in [-0.2, -0.15) is 0 Å². The van der Waals surface area contributed by atoms with Gasteiger partial charge in [0, 0.05) is 19.4 Å². The molecule has 2 atom stereocenters. The van der Waals surface area contributed by atoms with Crippen molar-refractivity contribution < 1.29 is 37.6 Å². The van der Waals surface area contributed by atoms with Crippen LogP contribution in [0.4, 0.5) is 0 Å². The zero-order valence-corrected chi connectivity index (χ0v) is 41.8. The Bertz CT molecular complexity index is 1430. The standard InChI is InChI=1S/C55H92NO8P/c1-3-5-7-9-11-13-15-17-19-21-23-24-25-26-27-28-30-31-33-35-37-39-41-43-45-47-54(57)61-51-53(52-63-65(59,60)62-50-49-56)64-55(58)48-46-44-42-40-38-36-34-32-29-22-20-18-16-14-12-10-8-6-4-2/h5-8,11-14,17-20,23-24,29,32,36,38,53H,3-4,9-10,15-16,21-22,25-28,30-31,33-35,37,39-52,56H2,1-2H3,(H,59,60)/b7-5-,8-6-,13-11-,14-12-,19-17-,20-18-,24-23-,32-29-,38-36-. The van der Waals surface area contributed by atoms with Crippen molar-refractivity contribution in [2.75, 3.05) is 26.4 Å². The van der Waals surface area contributed by atoms with Crippen LogP contribution in [0.15, 0.2) is 109 Å². The Morgan fingerprint density at radius 2 is 0.800 bits per heavy atom. The van der Waals surface area contributed by atoms with Gasteiger partial charge >= 0.3 is 19.8 Å². The van der Waals surface area contributed by atoms with E-state index in [2.05, 4.69) is 123 Å². The van der Waals surface area contributed by atoms with Crippen LogP contribution in [-0.2, 0) is 32.7 Å². The molecule has 0 aromatic rings. The molecule has 370 valence electrons. The number of hydrogen-bond acceptors (Lipinski definition) is 8. The van der Waals surface area contributed by atoms with Crippen molar-refractivity contribution in [2.45, 2.75) is 200 Å². The Kier molecular flexibility index (Phi) is 47.5. The fraction of sp³-hybridized carbons (Fsp3) is 0.636. The van der Waals surface area contributed by atoms with E-state index in [4.69, 9.17) is 24.3 Å². The molecule has 0 aromatic carbocycles. The Balaban J connectivity index is 4.11. The molecule has 0 spiro atoms. The van der Waals surface area contributed by atoms with Crippen LogP contribution < -0.4 is 5.73 Å². The smallest absolute Gasteiger partial charge is 0.462 e. The van der Waals surface area contributed by atoms with Gasteiger partial charge in [-0.15, -0.1) is 0 Å². The summed E-state index contributed by atoms with van der Waals surface area (Å²) in [5.74, 6) is -0.875. The van der Waals surface area contributed by atoms with E-state index in [-0.39, 0.29) is 32.6 Å². The van der Waals surface area contributed by atoms with Gasteiger partial charge in [-0.1, -0.05) is 194 Å². The van der Waals surface area contributed by atoms with Gasteiger partial charge in [-0.25, -0.2) is 4.57 Å². The van der Waals surface area contributed by atoms with Crippen LogP contribution in [0.5, 0.6) is 0 Å². The molecule has 0 aromatic heterocycles. The van der Waals surface area contributed by atoms with Crippen molar-refractivity contribution in [2.24, 2.45) is 5.73 Å². The molecule has 0 amide bonds. The lowest BCUT2D eigenvalue weighted by Gasteiger charge is -2.19. The largest absolute Gasteiger partial charge is 0.472 e. The van der Waals surface area contributed by atoms with Gasteiger partial charge in [-0.3, -0.25) is 18.6 Å². The van der Waals surface area contributed by atoms with E-state index in [0.717, 1.165) is 103 Å². The summed E-state index contributed by atoms with van der Waals surface area (Å²) in [5, 5.41) is 0. The average molecular weight is 926 g/mol. The second kappa shape index (κ2) is 50.1. The van der Waals surface area contributed by atoms with E-state index in [1.54, 1.807) is 0 Å².